The number of hydrogen-bond acceptors (Lipinski definition) is 4. The van der Waals surface area contributed by atoms with Crippen LogP contribution in [-0.2, 0) is 6.54 Å². The summed E-state index contributed by atoms with van der Waals surface area (Å²) >= 11 is 0. The second-order valence-electron chi connectivity index (χ2n) is 5.56. The van der Waals surface area contributed by atoms with E-state index in [1.807, 2.05) is 12.1 Å². The molecule has 8 heteroatoms. The molecule has 1 N–H and O–H groups in total. The van der Waals surface area contributed by atoms with Crippen LogP contribution < -0.4 is 10.2 Å². The lowest BCUT2D eigenvalue weighted by Crippen LogP contribution is -2.53. The SMILES string of the molecule is CN=C(NCCn1cncn1)N1CCN(c2ccccc2F)CC1. The van der Waals surface area contributed by atoms with Crippen LogP contribution in [0, 0.1) is 5.82 Å². The van der Waals surface area contributed by atoms with Crippen molar-refractivity contribution in [2.45, 2.75) is 6.54 Å². The number of rotatable bonds is 4. The highest BCUT2D eigenvalue weighted by atomic mass is 19.1. The molecule has 0 atom stereocenters. The zero-order chi connectivity index (χ0) is 16.8. The Hall–Kier alpha value is -2.64. The molecule has 1 aliphatic rings. The lowest BCUT2D eigenvalue weighted by molar-refractivity contribution is 0.369. The van der Waals surface area contributed by atoms with Crippen molar-refractivity contribution in [3.05, 3.63) is 42.7 Å². The van der Waals surface area contributed by atoms with Gasteiger partial charge >= 0.3 is 0 Å². The van der Waals surface area contributed by atoms with E-state index in [0.29, 0.717) is 5.69 Å². The van der Waals surface area contributed by atoms with E-state index in [1.165, 1.54) is 12.4 Å². The molecule has 1 aromatic heterocycles. The topological polar surface area (TPSA) is 61.6 Å². The maximum absolute atomic E-state index is 13.9. The molecule has 24 heavy (non-hydrogen) atoms. The van der Waals surface area contributed by atoms with Gasteiger partial charge < -0.3 is 15.1 Å². The van der Waals surface area contributed by atoms with Crippen LogP contribution in [0.3, 0.4) is 0 Å². The van der Waals surface area contributed by atoms with Gasteiger partial charge in [0.1, 0.15) is 18.5 Å². The van der Waals surface area contributed by atoms with E-state index in [0.717, 1.165) is 45.2 Å². The van der Waals surface area contributed by atoms with Crippen molar-refractivity contribution < 1.29 is 4.39 Å². The zero-order valence-electron chi connectivity index (χ0n) is 13.8. The number of aromatic nitrogens is 3. The van der Waals surface area contributed by atoms with Gasteiger partial charge in [0, 0.05) is 39.8 Å². The number of benzene rings is 1. The molecule has 7 nitrogen and oxygen atoms in total. The molecular formula is C16H22FN7. The molecule has 0 amide bonds. The number of nitrogens with one attached hydrogen (secondary N) is 1. The summed E-state index contributed by atoms with van der Waals surface area (Å²) in [5.41, 5.74) is 0.672. The number of piperazine rings is 1. The summed E-state index contributed by atoms with van der Waals surface area (Å²) in [6.45, 7) is 4.60. The first kappa shape index (κ1) is 16.2. The van der Waals surface area contributed by atoms with Crippen LogP contribution in [0.2, 0.25) is 0 Å². The van der Waals surface area contributed by atoms with Gasteiger partial charge in [-0.05, 0) is 12.1 Å². The van der Waals surface area contributed by atoms with E-state index in [9.17, 15) is 4.39 Å². The van der Waals surface area contributed by atoms with Crippen LogP contribution in [0.1, 0.15) is 0 Å². The molecule has 1 fully saturated rings. The number of para-hydroxylation sites is 1. The van der Waals surface area contributed by atoms with Crippen molar-refractivity contribution >= 4 is 11.6 Å². The van der Waals surface area contributed by atoms with Gasteiger partial charge in [-0.2, -0.15) is 5.10 Å². The van der Waals surface area contributed by atoms with E-state index in [-0.39, 0.29) is 5.82 Å². The number of anilines is 1. The van der Waals surface area contributed by atoms with Gasteiger partial charge in [0.2, 0.25) is 0 Å². The Kier molecular flexibility index (Phi) is 5.25. The smallest absolute Gasteiger partial charge is 0.193 e. The number of nitrogens with zero attached hydrogens (tertiary/aromatic N) is 6. The number of hydrogen-bond donors (Lipinski definition) is 1. The summed E-state index contributed by atoms with van der Waals surface area (Å²) in [4.78, 5) is 12.5. The Bertz CT molecular complexity index is 663. The summed E-state index contributed by atoms with van der Waals surface area (Å²) in [5, 5.41) is 7.41. The first-order valence-corrected chi connectivity index (χ1v) is 8.05. The van der Waals surface area contributed by atoms with Crippen LogP contribution in [0.5, 0.6) is 0 Å². The second kappa shape index (κ2) is 7.76. The zero-order valence-corrected chi connectivity index (χ0v) is 13.8. The van der Waals surface area contributed by atoms with Crippen LogP contribution in [0.4, 0.5) is 10.1 Å². The highest BCUT2D eigenvalue weighted by Crippen LogP contribution is 2.20. The summed E-state index contributed by atoms with van der Waals surface area (Å²) < 4.78 is 15.7. The highest BCUT2D eigenvalue weighted by Gasteiger charge is 2.21. The third-order valence-corrected chi connectivity index (χ3v) is 4.07. The molecule has 0 aliphatic carbocycles. The lowest BCUT2D eigenvalue weighted by Gasteiger charge is -2.37. The second-order valence-corrected chi connectivity index (χ2v) is 5.56. The van der Waals surface area contributed by atoms with Crippen LogP contribution in [0.25, 0.3) is 0 Å². The van der Waals surface area contributed by atoms with E-state index in [2.05, 4.69) is 30.2 Å². The van der Waals surface area contributed by atoms with Crippen molar-refractivity contribution in [1.29, 1.82) is 0 Å². The summed E-state index contributed by atoms with van der Waals surface area (Å²) in [7, 11) is 1.78. The maximum atomic E-state index is 13.9. The Labute approximate surface area is 140 Å². The molecule has 1 aliphatic heterocycles. The lowest BCUT2D eigenvalue weighted by atomic mass is 10.2. The molecule has 1 saturated heterocycles. The minimum Gasteiger partial charge on any atom is -0.366 e. The summed E-state index contributed by atoms with van der Waals surface area (Å²) in [5.74, 6) is 0.699. The van der Waals surface area contributed by atoms with Crippen molar-refractivity contribution in [2.75, 3.05) is 44.7 Å². The fraction of sp³-hybridized carbons (Fsp3) is 0.438. The number of guanidine groups is 1. The minimum absolute atomic E-state index is 0.165. The Balaban J connectivity index is 1.50. The maximum Gasteiger partial charge on any atom is 0.193 e. The fourth-order valence-corrected chi connectivity index (χ4v) is 2.83. The third-order valence-electron chi connectivity index (χ3n) is 4.07. The minimum atomic E-state index is -0.165. The van der Waals surface area contributed by atoms with Gasteiger partial charge in [0.05, 0.1) is 12.2 Å². The molecule has 0 unspecified atom stereocenters. The van der Waals surface area contributed by atoms with Gasteiger partial charge in [-0.15, -0.1) is 0 Å². The first-order valence-electron chi connectivity index (χ1n) is 8.05. The van der Waals surface area contributed by atoms with Crippen molar-refractivity contribution in [3.8, 4) is 0 Å². The van der Waals surface area contributed by atoms with Crippen molar-refractivity contribution in [2.24, 2.45) is 4.99 Å². The molecule has 2 heterocycles. The van der Waals surface area contributed by atoms with Gasteiger partial charge in [-0.3, -0.25) is 9.67 Å². The third kappa shape index (κ3) is 3.81. The quantitative estimate of drug-likeness (QED) is 0.664. The van der Waals surface area contributed by atoms with Gasteiger partial charge in [0.25, 0.3) is 0 Å². The molecule has 2 aromatic rings. The van der Waals surface area contributed by atoms with E-state index >= 15 is 0 Å². The van der Waals surface area contributed by atoms with Crippen LogP contribution in [-0.4, -0.2) is 65.4 Å². The Morgan fingerprint density at radius 2 is 2.04 bits per heavy atom. The summed E-state index contributed by atoms with van der Waals surface area (Å²) in [6, 6.07) is 6.92. The van der Waals surface area contributed by atoms with Crippen LogP contribution >= 0.6 is 0 Å². The number of halogens is 1. The first-order chi connectivity index (χ1) is 11.8. The molecule has 0 radical (unpaired) electrons. The monoisotopic (exact) mass is 331 g/mol. The van der Waals surface area contributed by atoms with Gasteiger partial charge in [-0.25, -0.2) is 9.37 Å². The largest absolute Gasteiger partial charge is 0.366 e. The van der Waals surface area contributed by atoms with E-state index in [1.54, 1.807) is 24.1 Å². The Morgan fingerprint density at radius 1 is 1.25 bits per heavy atom. The van der Waals surface area contributed by atoms with Gasteiger partial charge in [-0.1, -0.05) is 12.1 Å². The highest BCUT2D eigenvalue weighted by molar-refractivity contribution is 5.80. The van der Waals surface area contributed by atoms with Crippen molar-refractivity contribution in [3.63, 3.8) is 0 Å². The summed E-state index contributed by atoms with van der Waals surface area (Å²) in [6.07, 6.45) is 3.22. The molecule has 0 spiro atoms. The van der Waals surface area contributed by atoms with Crippen LogP contribution in [0.15, 0.2) is 41.9 Å². The number of aliphatic imine (C=N–C) groups is 1. The van der Waals surface area contributed by atoms with E-state index in [4.69, 9.17) is 0 Å². The molecule has 0 bridgehead atoms. The van der Waals surface area contributed by atoms with Gasteiger partial charge in [0.15, 0.2) is 5.96 Å². The average molecular weight is 331 g/mol. The molecule has 128 valence electrons. The fourth-order valence-electron chi connectivity index (χ4n) is 2.83. The van der Waals surface area contributed by atoms with Crippen molar-refractivity contribution in [1.82, 2.24) is 25.0 Å². The predicted molar refractivity (Wildman–Crippen MR) is 91.6 cm³/mol. The molecular weight excluding hydrogens is 309 g/mol. The Morgan fingerprint density at radius 3 is 2.71 bits per heavy atom. The molecule has 0 saturated carbocycles. The molecule has 1 aromatic carbocycles. The standard InChI is InChI=1S/C16H22FN7/c1-18-16(20-6-7-24-13-19-12-21-24)23-10-8-22(9-11-23)15-5-3-2-4-14(15)17/h2-5,12-13H,6-11H2,1H3,(H,18,20). The normalized spacial score (nSPS) is 15.7. The molecule has 3 rings (SSSR count). The predicted octanol–water partition coefficient (Wildman–Crippen LogP) is 0.815. The van der Waals surface area contributed by atoms with E-state index < -0.39 is 0 Å². The average Bonchev–Trinajstić information content (AvgIpc) is 3.13.